The van der Waals surface area contributed by atoms with Gasteiger partial charge in [0, 0.05) is 12.1 Å². The second-order valence-electron chi connectivity index (χ2n) is 2.50. The van der Waals surface area contributed by atoms with Crippen molar-refractivity contribution in [1.82, 2.24) is 0 Å². The van der Waals surface area contributed by atoms with Gasteiger partial charge >= 0.3 is 0 Å². The molecule has 0 bridgehead atoms. The number of nitrogens with two attached hydrogens (primary N) is 1. The molecule has 1 amide bonds. The molecule has 0 heterocycles. The lowest BCUT2D eigenvalue weighted by molar-refractivity contribution is -0.114. The van der Waals surface area contributed by atoms with E-state index in [1.165, 1.54) is 0 Å². The van der Waals surface area contributed by atoms with Gasteiger partial charge in [0.2, 0.25) is 5.91 Å². The fraction of sp³-hybridized carbons (Fsp3) is 0.125. The van der Waals surface area contributed by atoms with Gasteiger partial charge in [0.25, 0.3) is 0 Å². The van der Waals surface area contributed by atoms with Crippen LogP contribution in [0.3, 0.4) is 0 Å². The minimum Gasteiger partial charge on any atom is -0.322 e. The largest absolute Gasteiger partial charge is 0.322 e. The number of anilines is 1. The van der Waals surface area contributed by atoms with Crippen LogP contribution in [-0.2, 0) is 4.79 Å². The summed E-state index contributed by atoms with van der Waals surface area (Å²) in [6, 6.07) is 0.935. The minimum atomic E-state index is -1.18. The fourth-order valence-corrected chi connectivity index (χ4v) is 0.852. The number of rotatable bonds is 2. The Kier molecular flexibility index (Phi) is 3.08. The molecule has 14 heavy (non-hydrogen) atoms. The van der Waals surface area contributed by atoms with E-state index in [4.69, 9.17) is 5.73 Å². The summed E-state index contributed by atoms with van der Waals surface area (Å²) in [5.41, 5.74) is 4.23. The molecule has 0 fully saturated rings. The van der Waals surface area contributed by atoms with Crippen LogP contribution < -0.4 is 11.1 Å². The van der Waals surface area contributed by atoms with Gasteiger partial charge in [0.15, 0.2) is 11.6 Å². The number of hydrogen-bond donors (Lipinski definition) is 2. The first-order valence-electron chi connectivity index (χ1n) is 3.69. The van der Waals surface area contributed by atoms with Gasteiger partial charge in [-0.2, -0.15) is 0 Å². The van der Waals surface area contributed by atoms with Crippen molar-refractivity contribution in [2.45, 2.75) is 0 Å². The van der Waals surface area contributed by atoms with Gasteiger partial charge in [-0.3, -0.25) is 4.79 Å². The highest BCUT2D eigenvalue weighted by molar-refractivity contribution is 5.92. The first kappa shape index (κ1) is 10.5. The van der Waals surface area contributed by atoms with E-state index in [2.05, 4.69) is 0 Å². The number of carbonyl (C=O) groups is 1. The average Bonchev–Trinajstić information content (AvgIpc) is 2.10. The summed E-state index contributed by atoms with van der Waals surface area (Å²) in [5.74, 6) is -4.16. The molecule has 6 heteroatoms. The molecular weight excluding hydrogens is 197 g/mol. The third-order valence-corrected chi connectivity index (χ3v) is 1.46. The Morgan fingerprint density at radius 1 is 1.29 bits per heavy atom. The van der Waals surface area contributed by atoms with Crippen molar-refractivity contribution in [2.24, 2.45) is 5.73 Å². The Labute approximate surface area is 77.7 Å². The molecule has 0 radical (unpaired) electrons. The van der Waals surface area contributed by atoms with Crippen LogP contribution in [0.4, 0.5) is 18.9 Å². The van der Waals surface area contributed by atoms with Crippen molar-refractivity contribution >= 4 is 11.6 Å². The van der Waals surface area contributed by atoms with Gasteiger partial charge in [0.1, 0.15) is 11.5 Å². The van der Waals surface area contributed by atoms with E-state index >= 15 is 0 Å². The number of benzene rings is 1. The van der Waals surface area contributed by atoms with Crippen molar-refractivity contribution in [3.8, 4) is 0 Å². The number of carbonyl (C=O) groups excluding carboxylic acids is 1. The van der Waals surface area contributed by atoms with Crippen molar-refractivity contribution < 1.29 is 18.0 Å². The van der Waals surface area contributed by atoms with Crippen LogP contribution in [0, 0.1) is 17.5 Å². The molecule has 0 aliphatic carbocycles. The molecule has 1 rings (SSSR count). The van der Waals surface area contributed by atoms with Gasteiger partial charge in [-0.1, -0.05) is 0 Å². The standard InChI is InChI=1S/C8H7F3N2O/c9-4-1-5(10)8(6(11)2-4)13-7(14)3-12/h1-2H,3,12H2,(H,13,14). The maximum Gasteiger partial charge on any atom is 0.238 e. The van der Waals surface area contributed by atoms with E-state index < -0.39 is 35.6 Å². The van der Waals surface area contributed by atoms with Gasteiger partial charge in [0.05, 0.1) is 6.54 Å². The predicted octanol–water partition coefficient (Wildman–Crippen LogP) is 1.00. The second kappa shape index (κ2) is 4.10. The van der Waals surface area contributed by atoms with Crippen LogP contribution in [-0.4, -0.2) is 12.5 Å². The van der Waals surface area contributed by atoms with Crippen LogP contribution in [0.15, 0.2) is 12.1 Å². The molecule has 0 aliphatic rings. The molecule has 3 N–H and O–H groups in total. The molecule has 1 aromatic carbocycles. The van der Waals surface area contributed by atoms with E-state index in [0.29, 0.717) is 12.1 Å². The maximum absolute atomic E-state index is 12.9. The summed E-state index contributed by atoms with van der Waals surface area (Å²) < 4.78 is 38.2. The van der Waals surface area contributed by atoms with E-state index in [1.54, 1.807) is 0 Å². The Morgan fingerprint density at radius 3 is 2.21 bits per heavy atom. The summed E-state index contributed by atoms with van der Waals surface area (Å²) in [4.78, 5) is 10.7. The molecule has 3 nitrogen and oxygen atoms in total. The first-order chi connectivity index (χ1) is 6.54. The highest BCUT2D eigenvalue weighted by atomic mass is 19.1. The predicted molar refractivity (Wildman–Crippen MR) is 44.0 cm³/mol. The zero-order chi connectivity index (χ0) is 10.7. The Hall–Kier alpha value is -1.56. The highest BCUT2D eigenvalue weighted by Crippen LogP contribution is 2.19. The molecule has 0 unspecified atom stereocenters. The van der Waals surface area contributed by atoms with E-state index in [0.717, 1.165) is 0 Å². The number of amides is 1. The van der Waals surface area contributed by atoms with Crippen molar-refractivity contribution in [3.63, 3.8) is 0 Å². The third-order valence-electron chi connectivity index (χ3n) is 1.46. The Bertz CT molecular complexity index is 345. The fourth-order valence-electron chi connectivity index (χ4n) is 0.852. The smallest absolute Gasteiger partial charge is 0.238 e. The molecule has 0 spiro atoms. The summed E-state index contributed by atoms with van der Waals surface area (Å²) in [5, 5.41) is 1.87. The third kappa shape index (κ3) is 2.23. The maximum atomic E-state index is 12.9. The Morgan fingerprint density at radius 2 is 1.79 bits per heavy atom. The molecule has 0 aromatic heterocycles. The molecule has 76 valence electrons. The van der Waals surface area contributed by atoms with Crippen LogP contribution in [0.5, 0.6) is 0 Å². The van der Waals surface area contributed by atoms with Gasteiger partial charge in [-0.25, -0.2) is 13.2 Å². The number of hydrogen-bond acceptors (Lipinski definition) is 2. The Balaban J connectivity index is 3.02. The molecule has 0 saturated heterocycles. The zero-order valence-electron chi connectivity index (χ0n) is 6.98. The minimum absolute atomic E-state index is 0.406. The molecule has 0 saturated carbocycles. The van der Waals surface area contributed by atoms with Crippen molar-refractivity contribution in [3.05, 3.63) is 29.6 Å². The summed E-state index contributed by atoms with van der Waals surface area (Å²) in [7, 11) is 0. The van der Waals surface area contributed by atoms with Gasteiger partial charge < -0.3 is 11.1 Å². The summed E-state index contributed by atoms with van der Waals surface area (Å²) in [6.07, 6.45) is 0. The van der Waals surface area contributed by atoms with Crippen molar-refractivity contribution in [2.75, 3.05) is 11.9 Å². The van der Waals surface area contributed by atoms with Gasteiger partial charge in [-0.15, -0.1) is 0 Å². The molecule has 0 aliphatic heterocycles. The summed E-state index contributed by atoms with van der Waals surface area (Å²) >= 11 is 0. The monoisotopic (exact) mass is 204 g/mol. The molecule has 1 aromatic rings. The molecule has 0 atom stereocenters. The van der Waals surface area contributed by atoms with Crippen LogP contribution in [0.2, 0.25) is 0 Å². The van der Waals surface area contributed by atoms with E-state index in [9.17, 15) is 18.0 Å². The number of halogens is 3. The van der Waals surface area contributed by atoms with Crippen LogP contribution in [0.25, 0.3) is 0 Å². The van der Waals surface area contributed by atoms with Crippen LogP contribution >= 0.6 is 0 Å². The summed E-state index contributed by atoms with van der Waals surface area (Å²) in [6.45, 7) is -0.406. The van der Waals surface area contributed by atoms with Crippen LogP contribution in [0.1, 0.15) is 0 Å². The first-order valence-corrected chi connectivity index (χ1v) is 3.69. The highest BCUT2D eigenvalue weighted by Gasteiger charge is 2.13. The quantitative estimate of drug-likeness (QED) is 0.755. The van der Waals surface area contributed by atoms with E-state index in [1.807, 2.05) is 5.32 Å². The normalized spacial score (nSPS) is 10.0. The second-order valence-corrected chi connectivity index (χ2v) is 2.50. The van der Waals surface area contributed by atoms with Crippen molar-refractivity contribution in [1.29, 1.82) is 0 Å². The topological polar surface area (TPSA) is 55.1 Å². The lowest BCUT2D eigenvalue weighted by Crippen LogP contribution is -2.23. The average molecular weight is 204 g/mol. The zero-order valence-corrected chi connectivity index (χ0v) is 6.98. The SMILES string of the molecule is NCC(=O)Nc1c(F)cc(F)cc1F. The lowest BCUT2D eigenvalue weighted by Gasteiger charge is -2.05. The molecular formula is C8H7F3N2O. The number of nitrogens with one attached hydrogen (secondary N) is 1. The lowest BCUT2D eigenvalue weighted by atomic mass is 10.2. The van der Waals surface area contributed by atoms with Gasteiger partial charge in [-0.05, 0) is 0 Å². The van der Waals surface area contributed by atoms with E-state index in [-0.39, 0.29) is 0 Å².